The fraction of sp³-hybridized carbons (Fsp3) is 0. The SMILES string of the molecule is N#Cc1ccc(C#C[C]2[CH][CH][CH][CH]2)cc1.[CH]1[CH][CH][CH][CH]1.[Fe+2]. The average Bonchev–Trinajstić information content (AvgIpc) is 3.21. The summed E-state index contributed by atoms with van der Waals surface area (Å²) in [5.41, 5.74) is 1.59. The van der Waals surface area contributed by atoms with Crippen LogP contribution in [0.25, 0.3) is 0 Å². The van der Waals surface area contributed by atoms with E-state index < -0.39 is 0 Å². The molecule has 0 unspecified atom stereocenters. The van der Waals surface area contributed by atoms with Crippen LogP contribution in [0.4, 0.5) is 0 Å². The van der Waals surface area contributed by atoms with Gasteiger partial charge in [0.25, 0.3) is 0 Å². The van der Waals surface area contributed by atoms with Crippen LogP contribution in [0.5, 0.6) is 0 Å². The van der Waals surface area contributed by atoms with E-state index in [0.717, 1.165) is 11.5 Å². The Bertz CT molecular complexity index is 483. The Labute approximate surface area is 139 Å². The van der Waals surface area contributed by atoms with Gasteiger partial charge in [-0.25, -0.2) is 0 Å². The molecule has 0 aliphatic heterocycles. The Balaban J connectivity index is 0.000000313. The first-order valence-electron chi connectivity index (χ1n) is 6.29. The molecule has 0 N–H and O–H groups in total. The Morgan fingerprint density at radius 2 is 1.10 bits per heavy atom. The maximum absolute atomic E-state index is 8.62. The van der Waals surface area contributed by atoms with Crippen molar-refractivity contribution in [2.75, 3.05) is 0 Å². The van der Waals surface area contributed by atoms with E-state index in [4.69, 9.17) is 5.26 Å². The third kappa shape index (κ3) is 6.86. The molecule has 1 nitrogen and oxygen atoms in total. The molecular formula is C19H13FeN+2. The number of rotatable bonds is 0. The normalized spacial score (nSPS) is 16.7. The van der Waals surface area contributed by atoms with Gasteiger partial charge in [0.1, 0.15) is 0 Å². The number of hydrogen-bond donors (Lipinski definition) is 0. The maximum atomic E-state index is 8.62. The van der Waals surface area contributed by atoms with Crippen LogP contribution >= 0.6 is 0 Å². The first-order chi connectivity index (χ1) is 9.88. The van der Waals surface area contributed by atoms with Crippen molar-refractivity contribution in [2.45, 2.75) is 0 Å². The maximum Gasteiger partial charge on any atom is 2.00 e. The molecule has 0 saturated heterocycles. The van der Waals surface area contributed by atoms with Gasteiger partial charge in [0.05, 0.1) is 17.6 Å². The molecule has 0 amide bonds. The van der Waals surface area contributed by atoms with Gasteiger partial charge >= 0.3 is 17.1 Å². The van der Waals surface area contributed by atoms with E-state index in [1.807, 2.05) is 69.9 Å². The van der Waals surface area contributed by atoms with E-state index >= 15 is 0 Å². The van der Waals surface area contributed by atoms with Crippen LogP contribution in [0.3, 0.4) is 0 Å². The summed E-state index contributed by atoms with van der Waals surface area (Å²) in [6.07, 6.45) is 17.9. The Morgan fingerprint density at radius 3 is 1.57 bits per heavy atom. The van der Waals surface area contributed by atoms with E-state index in [-0.39, 0.29) is 17.1 Å². The Morgan fingerprint density at radius 1 is 0.619 bits per heavy atom. The summed E-state index contributed by atoms with van der Waals surface area (Å²) in [4.78, 5) is 0. The molecule has 2 heteroatoms. The van der Waals surface area contributed by atoms with Gasteiger partial charge in [-0.05, 0) is 82.1 Å². The molecule has 3 rings (SSSR count). The van der Waals surface area contributed by atoms with E-state index in [0.29, 0.717) is 5.56 Å². The van der Waals surface area contributed by atoms with Crippen molar-refractivity contribution in [3.8, 4) is 17.9 Å². The molecular weight excluding hydrogens is 298 g/mol. The molecule has 2 aliphatic rings. The van der Waals surface area contributed by atoms with Crippen molar-refractivity contribution in [1.82, 2.24) is 0 Å². The monoisotopic (exact) mass is 311 g/mol. The van der Waals surface area contributed by atoms with Gasteiger partial charge < -0.3 is 0 Å². The van der Waals surface area contributed by atoms with Crippen molar-refractivity contribution in [3.63, 3.8) is 0 Å². The smallest absolute Gasteiger partial charge is 0.192 e. The number of hydrogen-bond acceptors (Lipinski definition) is 1. The van der Waals surface area contributed by atoms with Crippen molar-refractivity contribution in [2.24, 2.45) is 0 Å². The van der Waals surface area contributed by atoms with Gasteiger partial charge in [0.2, 0.25) is 0 Å². The van der Waals surface area contributed by atoms with Gasteiger partial charge in [-0.2, -0.15) is 5.26 Å². The average molecular weight is 311 g/mol. The van der Waals surface area contributed by atoms with E-state index in [2.05, 4.69) is 17.9 Å². The molecule has 0 atom stereocenters. The van der Waals surface area contributed by atoms with Crippen molar-refractivity contribution in [1.29, 1.82) is 5.26 Å². The molecule has 2 aliphatic carbocycles. The summed E-state index contributed by atoms with van der Waals surface area (Å²) in [6.45, 7) is 0. The summed E-state index contributed by atoms with van der Waals surface area (Å²) in [6, 6.07) is 9.33. The predicted molar refractivity (Wildman–Crippen MR) is 80.0 cm³/mol. The number of nitriles is 1. The van der Waals surface area contributed by atoms with Gasteiger partial charge in [-0.15, -0.1) is 0 Å². The van der Waals surface area contributed by atoms with E-state index in [9.17, 15) is 0 Å². The summed E-state index contributed by atoms with van der Waals surface area (Å²) in [5, 5.41) is 8.62. The van der Waals surface area contributed by atoms with Crippen molar-refractivity contribution >= 4 is 0 Å². The van der Waals surface area contributed by atoms with Gasteiger partial charge in [0, 0.05) is 5.56 Å². The van der Waals surface area contributed by atoms with Crippen molar-refractivity contribution < 1.29 is 17.1 Å². The van der Waals surface area contributed by atoms with Crippen LogP contribution in [-0.4, -0.2) is 0 Å². The zero-order valence-electron chi connectivity index (χ0n) is 11.3. The van der Waals surface area contributed by atoms with Gasteiger partial charge in [-0.3, -0.25) is 0 Å². The largest absolute Gasteiger partial charge is 2.00 e. The van der Waals surface area contributed by atoms with Crippen LogP contribution in [0.15, 0.2) is 24.3 Å². The summed E-state index contributed by atoms with van der Waals surface area (Å²) < 4.78 is 0. The first-order valence-corrected chi connectivity index (χ1v) is 6.29. The quantitative estimate of drug-likeness (QED) is 0.532. The molecule has 0 bridgehead atoms. The molecule has 100 valence electrons. The molecule has 1 aromatic carbocycles. The first kappa shape index (κ1) is 17.8. The summed E-state index contributed by atoms with van der Waals surface area (Å²) in [7, 11) is 0. The van der Waals surface area contributed by atoms with Crippen LogP contribution in [-0.2, 0) is 17.1 Å². The second-order valence-corrected chi connectivity index (χ2v) is 4.07. The van der Waals surface area contributed by atoms with E-state index in [1.165, 1.54) is 0 Å². The second-order valence-electron chi connectivity index (χ2n) is 4.07. The molecule has 0 spiro atoms. The number of benzene rings is 1. The standard InChI is InChI=1S/C14H8N.C5H5.Fe/c15-11-14-9-7-13(8-10-14)6-5-12-3-1-2-4-12;1-2-4-5-3-1;/h1-4,7-10H;1-5H;/q;;+2. The number of nitrogens with zero attached hydrogens (tertiary/aromatic N) is 1. The molecule has 2 fully saturated rings. The molecule has 2 saturated carbocycles. The van der Waals surface area contributed by atoms with E-state index in [1.54, 1.807) is 12.1 Å². The van der Waals surface area contributed by atoms with Crippen LogP contribution in [0.2, 0.25) is 0 Å². The fourth-order valence-electron chi connectivity index (χ4n) is 1.55. The summed E-state index contributed by atoms with van der Waals surface area (Å²) >= 11 is 0. The second kappa shape index (κ2) is 10.5. The predicted octanol–water partition coefficient (Wildman–Crippen LogP) is 3.33. The summed E-state index contributed by atoms with van der Waals surface area (Å²) in [5.74, 6) is 7.10. The minimum absolute atomic E-state index is 0. The minimum atomic E-state index is 0. The molecule has 21 heavy (non-hydrogen) atoms. The van der Waals surface area contributed by atoms with Gasteiger partial charge in [-0.1, -0.05) is 11.8 Å². The molecule has 1 aromatic rings. The van der Waals surface area contributed by atoms with Gasteiger partial charge in [0.15, 0.2) is 0 Å². The minimum Gasteiger partial charge on any atom is -0.192 e. The zero-order chi connectivity index (χ0) is 14.0. The Kier molecular flexibility index (Phi) is 8.93. The molecule has 0 aromatic heterocycles. The molecule has 10 radical (unpaired) electrons. The van der Waals surface area contributed by atoms with Crippen LogP contribution in [0, 0.1) is 86.9 Å². The molecule has 0 heterocycles. The third-order valence-electron chi connectivity index (χ3n) is 2.58. The van der Waals surface area contributed by atoms with Crippen LogP contribution in [0.1, 0.15) is 11.1 Å². The fourth-order valence-corrected chi connectivity index (χ4v) is 1.55. The Hall–Kier alpha value is -1.21. The van der Waals surface area contributed by atoms with Crippen molar-refractivity contribution in [3.05, 3.63) is 99.1 Å². The third-order valence-corrected chi connectivity index (χ3v) is 2.58. The van der Waals surface area contributed by atoms with Crippen LogP contribution < -0.4 is 0 Å². The topological polar surface area (TPSA) is 23.8 Å². The zero-order valence-corrected chi connectivity index (χ0v) is 12.4.